The molecule has 20 heavy (non-hydrogen) atoms. The van der Waals surface area contributed by atoms with Crippen LogP contribution in [0.2, 0.25) is 0 Å². The zero-order valence-electron chi connectivity index (χ0n) is 11.4. The monoisotopic (exact) mass is 363 g/mol. The first kappa shape index (κ1) is 17.1. The highest BCUT2D eigenvalue weighted by Crippen LogP contribution is 2.21. The van der Waals surface area contributed by atoms with Crippen molar-refractivity contribution in [3.05, 3.63) is 34.3 Å². The van der Waals surface area contributed by atoms with Crippen LogP contribution in [0.1, 0.15) is 31.4 Å². The topological polar surface area (TPSA) is 72.5 Å². The van der Waals surface area contributed by atoms with E-state index in [2.05, 4.69) is 25.4 Å². The van der Waals surface area contributed by atoms with Crippen molar-refractivity contribution in [2.75, 3.05) is 12.9 Å². The minimum Gasteiger partial charge on any atom is -0.469 e. The van der Waals surface area contributed by atoms with Gasteiger partial charge in [-0.2, -0.15) is 0 Å². The summed E-state index contributed by atoms with van der Waals surface area (Å²) >= 11 is 3.32. The van der Waals surface area contributed by atoms with Gasteiger partial charge in [-0.05, 0) is 24.1 Å². The summed E-state index contributed by atoms with van der Waals surface area (Å²) < 4.78 is 31.8. The molecular formula is C13H18BrNO4S. The first-order chi connectivity index (χ1) is 9.38. The molecule has 1 aromatic carbocycles. The molecule has 1 aromatic rings. The van der Waals surface area contributed by atoms with E-state index in [1.54, 1.807) is 31.2 Å². The van der Waals surface area contributed by atoms with Crippen LogP contribution < -0.4 is 4.72 Å². The third kappa shape index (κ3) is 5.60. The minimum absolute atomic E-state index is 0.0290. The summed E-state index contributed by atoms with van der Waals surface area (Å²) in [5.41, 5.74) is 0.721. The van der Waals surface area contributed by atoms with Crippen molar-refractivity contribution in [2.24, 2.45) is 0 Å². The van der Waals surface area contributed by atoms with Crippen molar-refractivity contribution < 1.29 is 17.9 Å². The standard InChI is InChI=1S/C13H18BrNO4S/c1-3-8-20(17,18)15-12(9-13(16)19-2)10-4-6-11(14)7-5-10/h4-7,12,15H,3,8-9H2,1-2H3. The van der Waals surface area contributed by atoms with Crippen LogP contribution in [-0.4, -0.2) is 27.2 Å². The Morgan fingerprint density at radius 1 is 1.35 bits per heavy atom. The Labute approximate surface area is 127 Å². The number of methoxy groups -OCH3 is 1. The minimum atomic E-state index is -3.41. The largest absolute Gasteiger partial charge is 0.469 e. The van der Waals surface area contributed by atoms with Crippen molar-refractivity contribution in [3.63, 3.8) is 0 Å². The fraction of sp³-hybridized carbons (Fsp3) is 0.462. The molecule has 112 valence electrons. The highest BCUT2D eigenvalue weighted by molar-refractivity contribution is 9.10. The molecule has 0 aliphatic carbocycles. The molecule has 0 spiro atoms. The first-order valence-corrected chi connectivity index (χ1v) is 8.64. The van der Waals surface area contributed by atoms with Crippen molar-refractivity contribution in [1.29, 1.82) is 0 Å². The lowest BCUT2D eigenvalue weighted by molar-refractivity contribution is -0.141. The second-order valence-corrected chi connectivity index (χ2v) is 7.11. The normalized spacial score (nSPS) is 12.9. The Hall–Kier alpha value is -0.920. The fourth-order valence-electron chi connectivity index (χ4n) is 1.72. The van der Waals surface area contributed by atoms with Gasteiger partial charge < -0.3 is 4.74 Å². The maximum absolute atomic E-state index is 11.9. The number of carbonyl (C=O) groups excluding carboxylic acids is 1. The summed E-state index contributed by atoms with van der Waals surface area (Å²) in [4.78, 5) is 11.4. The summed E-state index contributed by atoms with van der Waals surface area (Å²) in [6, 6.07) is 6.52. The Balaban J connectivity index is 2.96. The average Bonchev–Trinajstić information content (AvgIpc) is 2.38. The summed E-state index contributed by atoms with van der Waals surface area (Å²) in [7, 11) is -2.13. The Kier molecular flexibility index (Phi) is 6.64. The van der Waals surface area contributed by atoms with Gasteiger partial charge in [0.05, 0.1) is 25.3 Å². The molecule has 1 atom stereocenters. The summed E-state index contributed by atoms with van der Waals surface area (Å²) in [6.45, 7) is 1.79. The van der Waals surface area contributed by atoms with E-state index in [4.69, 9.17) is 0 Å². The smallest absolute Gasteiger partial charge is 0.307 e. The number of esters is 1. The highest BCUT2D eigenvalue weighted by atomic mass is 79.9. The number of hydrogen-bond donors (Lipinski definition) is 1. The van der Waals surface area contributed by atoms with Crippen molar-refractivity contribution in [3.8, 4) is 0 Å². The Morgan fingerprint density at radius 2 is 1.95 bits per heavy atom. The van der Waals surface area contributed by atoms with E-state index < -0.39 is 22.0 Å². The number of sulfonamides is 1. The quantitative estimate of drug-likeness (QED) is 0.754. The second kappa shape index (κ2) is 7.75. The predicted octanol–water partition coefficient (Wildman–Crippen LogP) is 2.38. The Morgan fingerprint density at radius 3 is 2.45 bits per heavy atom. The van der Waals surface area contributed by atoms with Gasteiger partial charge in [0.25, 0.3) is 0 Å². The fourth-order valence-corrected chi connectivity index (χ4v) is 3.29. The van der Waals surface area contributed by atoms with Gasteiger partial charge in [-0.15, -0.1) is 0 Å². The molecule has 0 aliphatic heterocycles. The van der Waals surface area contributed by atoms with Gasteiger partial charge in [0, 0.05) is 4.47 Å². The number of nitrogens with one attached hydrogen (secondary N) is 1. The molecule has 0 saturated carbocycles. The molecule has 0 amide bonds. The van der Waals surface area contributed by atoms with Gasteiger partial charge in [-0.3, -0.25) is 4.79 Å². The lowest BCUT2D eigenvalue weighted by atomic mass is 10.1. The van der Waals surface area contributed by atoms with Crippen molar-refractivity contribution >= 4 is 31.9 Å². The van der Waals surface area contributed by atoms with Crippen molar-refractivity contribution in [1.82, 2.24) is 4.72 Å². The third-order valence-corrected chi connectivity index (χ3v) is 4.78. The molecule has 0 heterocycles. The molecule has 1 unspecified atom stereocenters. The number of rotatable bonds is 7. The highest BCUT2D eigenvalue weighted by Gasteiger charge is 2.22. The van der Waals surface area contributed by atoms with E-state index >= 15 is 0 Å². The number of benzene rings is 1. The zero-order valence-corrected chi connectivity index (χ0v) is 13.8. The molecule has 1 rings (SSSR count). The number of carbonyl (C=O) groups is 1. The number of halogens is 1. The van der Waals surface area contributed by atoms with Crippen LogP contribution in [0.25, 0.3) is 0 Å². The SMILES string of the molecule is CCCS(=O)(=O)NC(CC(=O)OC)c1ccc(Br)cc1. The molecule has 0 aliphatic rings. The van der Waals surface area contributed by atoms with Gasteiger partial charge in [-0.25, -0.2) is 13.1 Å². The molecule has 0 aromatic heterocycles. The zero-order chi connectivity index (χ0) is 15.2. The summed E-state index contributed by atoms with van der Waals surface area (Å²) in [5, 5.41) is 0. The van der Waals surface area contributed by atoms with Gasteiger partial charge in [0.15, 0.2) is 0 Å². The van der Waals surface area contributed by atoms with E-state index in [1.165, 1.54) is 7.11 Å². The van der Waals surface area contributed by atoms with Crippen LogP contribution >= 0.6 is 15.9 Å². The van der Waals surface area contributed by atoms with E-state index in [9.17, 15) is 13.2 Å². The van der Waals surface area contributed by atoms with Gasteiger partial charge >= 0.3 is 5.97 Å². The predicted molar refractivity (Wildman–Crippen MR) is 80.7 cm³/mol. The summed E-state index contributed by atoms with van der Waals surface area (Å²) in [6.07, 6.45) is 0.474. The molecular weight excluding hydrogens is 346 g/mol. The van der Waals surface area contributed by atoms with Crippen LogP contribution in [0.4, 0.5) is 0 Å². The number of hydrogen-bond acceptors (Lipinski definition) is 4. The van der Waals surface area contributed by atoms with Crippen LogP contribution in [-0.2, 0) is 19.6 Å². The van der Waals surface area contributed by atoms with Gasteiger partial charge in [-0.1, -0.05) is 35.0 Å². The Bertz CT molecular complexity index is 542. The van der Waals surface area contributed by atoms with Crippen LogP contribution in [0.5, 0.6) is 0 Å². The first-order valence-electron chi connectivity index (χ1n) is 6.20. The lowest BCUT2D eigenvalue weighted by Gasteiger charge is -2.18. The van der Waals surface area contributed by atoms with Gasteiger partial charge in [0.1, 0.15) is 0 Å². The molecule has 7 heteroatoms. The average molecular weight is 364 g/mol. The molecule has 0 saturated heterocycles. The van der Waals surface area contributed by atoms with Crippen LogP contribution in [0.3, 0.4) is 0 Å². The molecule has 5 nitrogen and oxygen atoms in total. The van der Waals surface area contributed by atoms with E-state index in [1.807, 2.05) is 0 Å². The maximum atomic E-state index is 11.9. The number of ether oxygens (including phenoxy) is 1. The van der Waals surface area contributed by atoms with Crippen molar-refractivity contribution in [2.45, 2.75) is 25.8 Å². The van der Waals surface area contributed by atoms with E-state index in [0.29, 0.717) is 6.42 Å². The molecule has 1 N–H and O–H groups in total. The summed E-state index contributed by atoms with van der Waals surface area (Å²) in [5.74, 6) is -0.432. The van der Waals surface area contributed by atoms with E-state index in [-0.39, 0.29) is 12.2 Å². The molecule has 0 fully saturated rings. The molecule has 0 radical (unpaired) electrons. The van der Waals surface area contributed by atoms with E-state index in [0.717, 1.165) is 10.0 Å². The molecule has 0 bridgehead atoms. The van der Waals surface area contributed by atoms with Crippen LogP contribution in [0.15, 0.2) is 28.7 Å². The van der Waals surface area contributed by atoms with Crippen LogP contribution in [0, 0.1) is 0 Å². The maximum Gasteiger partial charge on any atom is 0.307 e. The second-order valence-electron chi connectivity index (χ2n) is 4.32. The lowest BCUT2D eigenvalue weighted by Crippen LogP contribution is -2.32. The van der Waals surface area contributed by atoms with Gasteiger partial charge in [0.2, 0.25) is 10.0 Å². The third-order valence-electron chi connectivity index (χ3n) is 2.67.